The fourth-order valence-electron chi connectivity index (χ4n) is 2.22. The predicted molar refractivity (Wildman–Crippen MR) is 90.1 cm³/mol. The van der Waals surface area contributed by atoms with E-state index in [1.807, 2.05) is 13.8 Å². The Balaban J connectivity index is 2.01. The van der Waals surface area contributed by atoms with Crippen LogP contribution in [-0.2, 0) is 14.8 Å². The zero-order chi connectivity index (χ0) is 17.0. The number of nitrogens with zero attached hydrogens (tertiary/aromatic N) is 1. The van der Waals surface area contributed by atoms with Crippen LogP contribution in [0.5, 0.6) is 5.75 Å². The van der Waals surface area contributed by atoms with Crippen molar-refractivity contribution in [3.05, 3.63) is 24.3 Å². The molecule has 1 aliphatic carbocycles. The fraction of sp³-hybridized carbons (Fsp3) is 0.562. The third kappa shape index (κ3) is 5.42. The number of anilines is 1. The second kappa shape index (κ2) is 7.21. The molecule has 0 aromatic heterocycles. The Labute approximate surface area is 137 Å². The van der Waals surface area contributed by atoms with Gasteiger partial charge in [-0.25, -0.2) is 8.42 Å². The fourth-order valence-corrected chi connectivity index (χ4v) is 3.15. The minimum Gasteiger partial charge on any atom is -0.491 e. The Hall–Kier alpha value is -1.76. The van der Waals surface area contributed by atoms with E-state index in [1.54, 1.807) is 24.3 Å². The van der Waals surface area contributed by atoms with Crippen LogP contribution in [0, 0.1) is 5.92 Å². The van der Waals surface area contributed by atoms with Gasteiger partial charge in [0.2, 0.25) is 15.9 Å². The predicted octanol–water partition coefficient (Wildman–Crippen LogP) is 1.77. The molecule has 6 nitrogen and oxygen atoms in total. The molecule has 0 spiro atoms. The van der Waals surface area contributed by atoms with Crippen molar-refractivity contribution in [1.82, 2.24) is 5.32 Å². The molecule has 0 radical (unpaired) electrons. The number of nitrogens with one attached hydrogen (secondary N) is 1. The molecule has 1 amide bonds. The van der Waals surface area contributed by atoms with Gasteiger partial charge in [0.05, 0.1) is 24.6 Å². The van der Waals surface area contributed by atoms with Crippen LogP contribution in [0.1, 0.15) is 26.7 Å². The minimum atomic E-state index is -3.42. The smallest absolute Gasteiger partial charge is 0.232 e. The van der Waals surface area contributed by atoms with Crippen LogP contribution in [0.25, 0.3) is 0 Å². The highest BCUT2D eigenvalue weighted by Gasteiger charge is 2.29. The second-order valence-electron chi connectivity index (χ2n) is 6.06. The Morgan fingerprint density at radius 3 is 2.39 bits per heavy atom. The molecule has 2 rings (SSSR count). The largest absolute Gasteiger partial charge is 0.491 e. The molecule has 23 heavy (non-hydrogen) atoms. The van der Waals surface area contributed by atoms with Crippen molar-refractivity contribution in [2.24, 2.45) is 5.92 Å². The van der Waals surface area contributed by atoms with E-state index in [9.17, 15) is 13.2 Å². The molecule has 128 valence electrons. The normalized spacial score (nSPS) is 14.6. The van der Waals surface area contributed by atoms with Crippen LogP contribution in [0.4, 0.5) is 5.69 Å². The lowest BCUT2D eigenvalue weighted by atomic mass is 10.3. The maximum atomic E-state index is 12.0. The summed E-state index contributed by atoms with van der Waals surface area (Å²) in [6, 6.07) is 6.91. The molecule has 0 unspecified atom stereocenters. The van der Waals surface area contributed by atoms with Gasteiger partial charge in [0.25, 0.3) is 0 Å². The van der Waals surface area contributed by atoms with Crippen LogP contribution < -0.4 is 14.4 Å². The van der Waals surface area contributed by atoms with Gasteiger partial charge in [-0.15, -0.1) is 0 Å². The Bertz CT molecular complexity index is 637. The van der Waals surface area contributed by atoms with Crippen molar-refractivity contribution in [2.45, 2.75) is 32.8 Å². The van der Waals surface area contributed by atoms with Crippen molar-refractivity contribution in [3.8, 4) is 5.75 Å². The summed E-state index contributed by atoms with van der Waals surface area (Å²) in [7, 11) is -3.42. The summed E-state index contributed by atoms with van der Waals surface area (Å²) in [6.07, 6.45) is 3.08. The average Bonchev–Trinajstić information content (AvgIpc) is 3.27. The topological polar surface area (TPSA) is 75.7 Å². The lowest BCUT2D eigenvalue weighted by molar-refractivity contribution is -0.122. The van der Waals surface area contributed by atoms with Gasteiger partial charge in [0.1, 0.15) is 5.75 Å². The van der Waals surface area contributed by atoms with Gasteiger partial charge >= 0.3 is 0 Å². The van der Waals surface area contributed by atoms with Crippen LogP contribution in [0.2, 0.25) is 0 Å². The number of amides is 1. The Morgan fingerprint density at radius 1 is 1.30 bits per heavy atom. The van der Waals surface area contributed by atoms with Crippen LogP contribution in [0.15, 0.2) is 24.3 Å². The molecule has 1 saturated carbocycles. The molecule has 0 saturated heterocycles. The molecule has 1 fully saturated rings. The average molecular weight is 340 g/mol. The van der Waals surface area contributed by atoms with Gasteiger partial charge in [-0.05, 0) is 51.0 Å². The zero-order valence-corrected chi connectivity index (χ0v) is 14.6. The van der Waals surface area contributed by atoms with Gasteiger partial charge < -0.3 is 10.1 Å². The summed E-state index contributed by atoms with van der Waals surface area (Å²) >= 11 is 0. The van der Waals surface area contributed by atoms with Crippen LogP contribution >= 0.6 is 0 Å². The third-order valence-corrected chi connectivity index (χ3v) is 4.65. The molecule has 1 aliphatic rings. The molecule has 7 heteroatoms. The van der Waals surface area contributed by atoms with E-state index in [4.69, 9.17) is 4.74 Å². The summed E-state index contributed by atoms with van der Waals surface area (Å²) in [5.74, 6) is 0.826. The molecule has 0 aliphatic heterocycles. The van der Waals surface area contributed by atoms with E-state index in [0.29, 0.717) is 18.0 Å². The molecule has 1 N–H and O–H groups in total. The first-order valence-electron chi connectivity index (χ1n) is 7.79. The van der Waals surface area contributed by atoms with Crippen molar-refractivity contribution in [1.29, 1.82) is 0 Å². The van der Waals surface area contributed by atoms with E-state index < -0.39 is 10.0 Å². The van der Waals surface area contributed by atoms with E-state index in [2.05, 4.69) is 5.32 Å². The molecule has 1 aromatic carbocycles. The van der Waals surface area contributed by atoms with Gasteiger partial charge in [0.15, 0.2) is 0 Å². The lowest BCUT2D eigenvalue weighted by Gasteiger charge is -2.23. The molecular formula is C16H24N2O4S. The first-order valence-corrected chi connectivity index (χ1v) is 9.64. The number of sulfonamides is 1. The van der Waals surface area contributed by atoms with Gasteiger partial charge in [0, 0.05) is 12.5 Å². The van der Waals surface area contributed by atoms with Gasteiger partial charge in [-0.1, -0.05) is 0 Å². The van der Waals surface area contributed by atoms with E-state index >= 15 is 0 Å². The summed E-state index contributed by atoms with van der Waals surface area (Å²) in [6.45, 7) is 4.37. The number of rotatable bonds is 8. The SMILES string of the molecule is CC(C)Oc1ccc(N(CCNC(=O)C2CC2)S(C)(=O)=O)cc1. The highest BCUT2D eigenvalue weighted by molar-refractivity contribution is 7.92. The van der Waals surface area contributed by atoms with E-state index in [1.165, 1.54) is 4.31 Å². The summed E-state index contributed by atoms with van der Waals surface area (Å²) < 4.78 is 30.8. The number of carbonyl (C=O) groups excluding carboxylic acids is 1. The van der Waals surface area contributed by atoms with Crippen molar-refractivity contribution < 1.29 is 17.9 Å². The number of carbonyl (C=O) groups is 1. The van der Waals surface area contributed by atoms with Gasteiger partial charge in [-0.3, -0.25) is 9.10 Å². The number of ether oxygens (including phenoxy) is 1. The quantitative estimate of drug-likeness (QED) is 0.782. The van der Waals surface area contributed by atoms with Gasteiger partial charge in [-0.2, -0.15) is 0 Å². The van der Waals surface area contributed by atoms with E-state index in [0.717, 1.165) is 19.1 Å². The van der Waals surface area contributed by atoms with E-state index in [-0.39, 0.29) is 24.5 Å². The standard InChI is InChI=1S/C16H24N2O4S/c1-12(2)22-15-8-6-14(7-9-15)18(23(3,20)21)11-10-17-16(19)13-4-5-13/h6-9,12-13H,4-5,10-11H2,1-3H3,(H,17,19). The number of hydrogen-bond donors (Lipinski definition) is 1. The Morgan fingerprint density at radius 2 is 1.91 bits per heavy atom. The summed E-state index contributed by atoms with van der Waals surface area (Å²) in [5, 5.41) is 2.78. The maximum Gasteiger partial charge on any atom is 0.232 e. The number of hydrogen-bond acceptors (Lipinski definition) is 4. The molecule has 1 aromatic rings. The first-order chi connectivity index (χ1) is 10.8. The zero-order valence-electron chi connectivity index (χ0n) is 13.8. The highest BCUT2D eigenvalue weighted by Crippen LogP contribution is 2.28. The first kappa shape index (κ1) is 17.6. The number of benzene rings is 1. The monoisotopic (exact) mass is 340 g/mol. The minimum absolute atomic E-state index is 0.0131. The summed E-state index contributed by atoms with van der Waals surface area (Å²) in [5.41, 5.74) is 0.560. The molecular weight excluding hydrogens is 316 g/mol. The maximum absolute atomic E-state index is 12.0. The lowest BCUT2D eigenvalue weighted by Crippen LogP contribution is -2.38. The van der Waals surface area contributed by atoms with Crippen LogP contribution in [0.3, 0.4) is 0 Å². The summed E-state index contributed by atoms with van der Waals surface area (Å²) in [4.78, 5) is 11.6. The van der Waals surface area contributed by atoms with Crippen molar-refractivity contribution in [3.63, 3.8) is 0 Å². The molecule has 0 bridgehead atoms. The second-order valence-corrected chi connectivity index (χ2v) is 7.97. The molecule has 0 heterocycles. The third-order valence-electron chi connectivity index (χ3n) is 3.46. The highest BCUT2D eigenvalue weighted by atomic mass is 32.2. The van der Waals surface area contributed by atoms with Crippen molar-refractivity contribution >= 4 is 21.6 Å². The van der Waals surface area contributed by atoms with Crippen molar-refractivity contribution in [2.75, 3.05) is 23.7 Å². The van der Waals surface area contributed by atoms with Crippen LogP contribution in [-0.4, -0.2) is 39.8 Å². The Kier molecular flexibility index (Phi) is 5.51. The molecule has 0 atom stereocenters.